The quantitative estimate of drug-likeness (QED) is 0.589. The summed E-state index contributed by atoms with van der Waals surface area (Å²) in [5.74, 6) is -0.369. The Morgan fingerprint density at radius 1 is 1.48 bits per heavy atom. The predicted molar refractivity (Wildman–Crippen MR) is 77.0 cm³/mol. The maximum absolute atomic E-state index is 11.9. The van der Waals surface area contributed by atoms with E-state index >= 15 is 0 Å². The van der Waals surface area contributed by atoms with Crippen LogP contribution in [0.1, 0.15) is 32.8 Å². The average molecular weight is 296 g/mol. The zero-order valence-electron chi connectivity index (χ0n) is 12.3. The Bertz CT molecular complexity index is 518. The first-order valence-electron chi connectivity index (χ1n) is 6.74. The van der Waals surface area contributed by atoms with E-state index in [1.807, 2.05) is 13.8 Å². The number of aliphatic hydroxyl groups excluding tert-OH is 1. The van der Waals surface area contributed by atoms with Gasteiger partial charge in [-0.1, -0.05) is 6.92 Å². The van der Waals surface area contributed by atoms with E-state index in [9.17, 15) is 14.9 Å². The molecule has 116 valence electrons. The number of nitrogens with zero attached hydrogens (tertiary/aromatic N) is 1. The van der Waals surface area contributed by atoms with Gasteiger partial charge in [0.2, 0.25) is 0 Å². The van der Waals surface area contributed by atoms with E-state index in [0.29, 0.717) is 5.56 Å². The molecule has 0 bridgehead atoms. The lowest BCUT2D eigenvalue weighted by Gasteiger charge is -2.18. The van der Waals surface area contributed by atoms with Gasteiger partial charge in [0.25, 0.3) is 5.91 Å². The SMILES string of the molecule is CCC(C)NC(=O)C(C)Oc1cc(CO)ccc1[N+](=O)[O-]. The smallest absolute Gasteiger partial charge is 0.310 e. The van der Waals surface area contributed by atoms with Gasteiger partial charge in [0.15, 0.2) is 11.9 Å². The Labute approximate surface area is 123 Å². The molecular weight excluding hydrogens is 276 g/mol. The van der Waals surface area contributed by atoms with Crippen LogP contribution in [-0.2, 0) is 11.4 Å². The van der Waals surface area contributed by atoms with Crippen LogP contribution in [-0.4, -0.2) is 28.1 Å². The molecule has 0 aromatic heterocycles. The van der Waals surface area contributed by atoms with Crippen LogP contribution in [0, 0.1) is 10.1 Å². The van der Waals surface area contributed by atoms with E-state index in [1.54, 1.807) is 0 Å². The number of rotatable bonds is 7. The molecule has 7 heteroatoms. The fourth-order valence-electron chi connectivity index (χ4n) is 1.61. The van der Waals surface area contributed by atoms with E-state index in [4.69, 9.17) is 9.84 Å². The lowest BCUT2D eigenvalue weighted by molar-refractivity contribution is -0.386. The number of aliphatic hydroxyl groups is 1. The summed E-state index contributed by atoms with van der Waals surface area (Å²) in [6, 6.07) is 4.06. The second kappa shape index (κ2) is 7.58. The number of hydrogen-bond acceptors (Lipinski definition) is 5. The fraction of sp³-hybridized carbons (Fsp3) is 0.500. The monoisotopic (exact) mass is 296 g/mol. The third kappa shape index (κ3) is 4.71. The van der Waals surface area contributed by atoms with Gasteiger partial charge in [-0.2, -0.15) is 0 Å². The van der Waals surface area contributed by atoms with Crippen LogP contribution < -0.4 is 10.1 Å². The Balaban J connectivity index is 2.89. The molecule has 1 amide bonds. The molecule has 0 aliphatic heterocycles. The number of nitrogens with one attached hydrogen (secondary N) is 1. The number of amides is 1. The Morgan fingerprint density at radius 2 is 2.14 bits per heavy atom. The van der Waals surface area contributed by atoms with Crippen molar-refractivity contribution in [3.63, 3.8) is 0 Å². The zero-order chi connectivity index (χ0) is 16.0. The molecule has 2 atom stereocenters. The van der Waals surface area contributed by atoms with Crippen molar-refractivity contribution >= 4 is 11.6 Å². The standard InChI is InChI=1S/C14H20N2O5/c1-4-9(2)15-14(18)10(3)21-13-7-11(8-17)5-6-12(13)16(19)20/h5-7,9-10,17H,4,8H2,1-3H3,(H,15,18). The second-order valence-electron chi connectivity index (χ2n) is 4.80. The molecule has 1 aromatic carbocycles. The number of carbonyl (C=O) groups excluding carboxylic acids is 1. The maximum Gasteiger partial charge on any atom is 0.310 e. The summed E-state index contributed by atoms with van der Waals surface area (Å²) < 4.78 is 5.39. The molecule has 2 N–H and O–H groups in total. The van der Waals surface area contributed by atoms with Crippen LogP contribution in [0.15, 0.2) is 18.2 Å². The normalized spacial score (nSPS) is 13.3. The first-order chi connectivity index (χ1) is 9.88. The number of benzene rings is 1. The van der Waals surface area contributed by atoms with Gasteiger partial charge in [-0.05, 0) is 38.0 Å². The predicted octanol–water partition coefficient (Wildman–Crippen LogP) is 1.77. The molecule has 21 heavy (non-hydrogen) atoms. The number of hydrogen-bond donors (Lipinski definition) is 2. The Morgan fingerprint density at radius 3 is 2.67 bits per heavy atom. The van der Waals surface area contributed by atoms with E-state index in [-0.39, 0.29) is 30.0 Å². The van der Waals surface area contributed by atoms with Crippen molar-refractivity contribution in [3.8, 4) is 5.75 Å². The van der Waals surface area contributed by atoms with Crippen molar-refractivity contribution in [3.05, 3.63) is 33.9 Å². The van der Waals surface area contributed by atoms with Gasteiger partial charge < -0.3 is 15.2 Å². The molecule has 0 saturated carbocycles. The largest absolute Gasteiger partial charge is 0.474 e. The van der Waals surface area contributed by atoms with Crippen LogP contribution in [0.25, 0.3) is 0 Å². The minimum absolute atomic E-state index is 0.00214. The van der Waals surface area contributed by atoms with Crippen LogP contribution in [0.5, 0.6) is 5.75 Å². The van der Waals surface area contributed by atoms with Crippen molar-refractivity contribution in [1.29, 1.82) is 0 Å². The van der Waals surface area contributed by atoms with Crippen molar-refractivity contribution in [2.75, 3.05) is 0 Å². The molecule has 2 unspecified atom stereocenters. The van der Waals surface area contributed by atoms with Gasteiger partial charge in [0.05, 0.1) is 11.5 Å². The molecular formula is C14H20N2O5. The molecule has 0 spiro atoms. The van der Waals surface area contributed by atoms with Crippen molar-refractivity contribution in [1.82, 2.24) is 5.32 Å². The minimum Gasteiger partial charge on any atom is -0.474 e. The van der Waals surface area contributed by atoms with Crippen molar-refractivity contribution in [2.24, 2.45) is 0 Å². The van der Waals surface area contributed by atoms with Crippen molar-refractivity contribution < 1.29 is 19.6 Å². The van der Waals surface area contributed by atoms with E-state index in [2.05, 4.69) is 5.32 Å². The topological polar surface area (TPSA) is 102 Å². The summed E-state index contributed by atoms with van der Waals surface area (Å²) in [7, 11) is 0. The summed E-state index contributed by atoms with van der Waals surface area (Å²) in [6.45, 7) is 5.06. The summed E-state index contributed by atoms with van der Waals surface area (Å²) in [5.41, 5.74) is 0.237. The van der Waals surface area contributed by atoms with Gasteiger partial charge >= 0.3 is 5.69 Å². The number of nitro groups is 1. The molecule has 0 aliphatic rings. The molecule has 0 fully saturated rings. The van der Waals surface area contributed by atoms with E-state index in [1.165, 1.54) is 25.1 Å². The lowest BCUT2D eigenvalue weighted by Crippen LogP contribution is -2.41. The summed E-state index contributed by atoms with van der Waals surface area (Å²) >= 11 is 0. The van der Waals surface area contributed by atoms with Crippen LogP contribution >= 0.6 is 0 Å². The molecule has 7 nitrogen and oxygen atoms in total. The van der Waals surface area contributed by atoms with Crippen LogP contribution in [0.2, 0.25) is 0 Å². The third-order valence-electron chi connectivity index (χ3n) is 3.08. The first kappa shape index (κ1) is 16.9. The Hall–Kier alpha value is -2.15. The molecule has 1 aromatic rings. The van der Waals surface area contributed by atoms with Gasteiger partial charge in [-0.15, -0.1) is 0 Å². The average Bonchev–Trinajstić information content (AvgIpc) is 2.46. The third-order valence-corrected chi connectivity index (χ3v) is 3.08. The highest BCUT2D eigenvalue weighted by Crippen LogP contribution is 2.29. The highest BCUT2D eigenvalue weighted by Gasteiger charge is 2.22. The summed E-state index contributed by atoms with van der Waals surface area (Å²) in [4.78, 5) is 22.3. The van der Waals surface area contributed by atoms with Crippen LogP contribution in [0.4, 0.5) is 5.69 Å². The zero-order valence-corrected chi connectivity index (χ0v) is 12.3. The molecule has 1 rings (SSSR count). The molecule has 0 radical (unpaired) electrons. The van der Waals surface area contributed by atoms with Gasteiger partial charge in [-0.25, -0.2) is 0 Å². The first-order valence-corrected chi connectivity index (χ1v) is 6.74. The molecule has 0 heterocycles. The summed E-state index contributed by atoms with van der Waals surface area (Å²) in [6.07, 6.45) is -0.0925. The van der Waals surface area contributed by atoms with E-state index < -0.39 is 11.0 Å². The van der Waals surface area contributed by atoms with E-state index in [0.717, 1.165) is 6.42 Å². The summed E-state index contributed by atoms with van der Waals surface area (Å²) in [5, 5.41) is 22.8. The minimum atomic E-state index is -0.869. The van der Waals surface area contributed by atoms with Crippen molar-refractivity contribution in [2.45, 2.75) is 45.9 Å². The highest BCUT2D eigenvalue weighted by atomic mass is 16.6. The molecule has 0 saturated heterocycles. The maximum atomic E-state index is 11.9. The van der Waals surface area contributed by atoms with Gasteiger partial charge in [0.1, 0.15) is 0 Å². The number of nitro benzene ring substituents is 1. The molecule has 0 aliphatic carbocycles. The fourth-order valence-corrected chi connectivity index (χ4v) is 1.61. The van der Waals surface area contributed by atoms with Crippen LogP contribution in [0.3, 0.4) is 0 Å². The lowest BCUT2D eigenvalue weighted by atomic mass is 10.2. The van der Waals surface area contributed by atoms with Gasteiger partial charge in [-0.3, -0.25) is 14.9 Å². The van der Waals surface area contributed by atoms with Gasteiger partial charge in [0, 0.05) is 12.1 Å². The number of carbonyl (C=O) groups is 1. The second-order valence-corrected chi connectivity index (χ2v) is 4.80. The highest BCUT2D eigenvalue weighted by molar-refractivity contribution is 5.81. The Kier molecular flexibility index (Phi) is 6.10. The number of ether oxygens (including phenoxy) is 1.